The van der Waals surface area contributed by atoms with Crippen LogP contribution in [0.4, 0.5) is 0 Å². The largest absolute Gasteiger partial charge is 0.376 e. The van der Waals surface area contributed by atoms with Gasteiger partial charge in [0.1, 0.15) is 0 Å². The second-order valence-electron chi connectivity index (χ2n) is 5.89. The molecule has 2 heterocycles. The van der Waals surface area contributed by atoms with Gasteiger partial charge in [-0.2, -0.15) is 0 Å². The SMILES string of the molecule is C#CCNC(=NCC1CCS(=O)(=O)C1)NCC1CCCCO1.I. The standard InChI is InChI=1S/C15H25N3O3S.HI/c1-2-7-16-15(18-11-14-5-3-4-8-21-14)17-10-13-6-9-22(19,20)12-13;/h1,13-14H,3-12H2,(H2,16,17,18);1H. The van der Waals surface area contributed by atoms with Gasteiger partial charge < -0.3 is 15.4 Å². The van der Waals surface area contributed by atoms with E-state index in [4.69, 9.17) is 11.2 Å². The van der Waals surface area contributed by atoms with Gasteiger partial charge in [-0.15, -0.1) is 30.4 Å². The fraction of sp³-hybridized carbons (Fsp3) is 0.800. The third-order valence-electron chi connectivity index (χ3n) is 3.96. The van der Waals surface area contributed by atoms with Gasteiger partial charge in [-0.3, -0.25) is 4.99 Å². The molecule has 23 heavy (non-hydrogen) atoms. The number of ether oxygens (including phenoxy) is 1. The number of nitrogens with zero attached hydrogens (tertiary/aromatic N) is 1. The van der Waals surface area contributed by atoms with E-state index in [1.54, 1.807) is 0 Å². The van der Waals surface area contributed by atoms with Gasteiger partial charge in [0.25, 0.3) is 0 Å². The molecule has 2 saturated heterocycles. The highest BCUT2D eigenvalue weighted by Crippen LogP contribution is 2.18. The van der Waals surface area contributed by atoms with E-state index in [2.05, 4.69) is 21.5 Å². The van der Waals surface area contributed by atoms with Crippen LogP contribution >= 0.6 is 24.0 Å². The second kappa shape index (κ2) is 10.4. The maximum atomic E-state index is 11.5. The van der Waals surface area contributed by atoms with Gasteiger partial charge in [0.2, 0.25) is 0 Å². The van der Waals surface area contributed by atoms with Crippen molar-refractivity contribution in [1.29, 1.82) is 0 Å². The Morgan fingerprint density at radius 1 is 1.30 bits per heavy atom. The van der Waals surface area contributed by atoms with Gasteiger partial charge in [0, 0.05) is 19.7 Å². The number of hydrogen-bond donors (Lipinski definition) is 2. The smallest absolute Gasteiger partial charge is 0.192 e. The summed E-state index contributed by atoms with van der Waals surface area (Å²) in [6.45, 7) is 2.40. The van der Waals surface area contributed by atoms with Gasteiger partial charge in [-0.05, 0) is 31.6 Å². The Kier molecular flexibility index (Phi) is 9.24. The highest BCUT2D eigenvalue weighted by molar-refractivity contribution is 14.0. The summed E-state index contributed by atoms with van der Waals surface area (Å²) in [7, 11) is -2.85. The zero-order chi connectivity index (χ0) is 15.8. The Hall–Kier alpha value is -0.530. The monoisotopic (exact) mass is 455 g/mol. The van der Waals surface area contributed by atoms with Crippen LogP contribution in [-0.4, -0.2) is 58.2 Å². The van der Waals surface area contributed by atoms with E-state index in [9.17, 15) is 8.42 Å². The first-order chi connectivity index (χ1) is 10.6. The molecular weight excluding hydrogens is 429 g/mol. The number of aliphatic imine (C=N–C) groups is 1. The highest BCUT2D eigenvalue weighted by atomic mass is 127. The van der Waals surface area contributed by atoms with E-state index >= 15 is 0 Å². The minimum absolute atomic E-state index is 0. The molecule has 0 saturated carbocycles. The van der Waals surface area contributed by atoms with E-state index in [1.807, 2.05) is 0 Å². The van der Waals surface area contributed by atoms with Gasteiger partial charge in [-0.1, -0.05) is 5.92 Å². The van der Waals surface area contributed by atoms with E-state index in [0.29, 0.717) is 32.0 Å². The minimum atomic E-state index is -2.85. The predicted molar refractivity (Wildman–Crippen MR) is 103 cm³/mol. The number of sulfone groups is 1. The lowest BCUT2D eigenvalue weighted by Gasteiger charge is -2.23. The first-order valence-corrected chi connectivity index (χ1v) is 9.69. The van der Waals surface area contributed by atoms with Gasteiger partial charge in [0.15, 0.2) is 15.8 Å². The maximum Gasteiger partial charge on any atom is 0.192 e. The molecule has 2 N–H and O–H groups in total. The Labute approximate surface area is 156 Å². The van der Waals surface area contributed by atoms with Crippen molar-refractivity contribution in [3.63, 3.8) is 0 Å². The fourth-order valence-electron chi connectivity index (χ4n) is 2.72. The minimum Gasteiger partial charge on any atom is -0.376 e. The Bertz CT molecular complexity index is 525. The molecule has 0 bridgehead atoms. The average molecular weight is 455 g/mol. The molecular formula is C15H26IN3O3S. The van der Waals surface area contributed by atoms with Crippen LogP contribution in [0.25, 0.3) is 0 Å². The quantitative estimate of drug-likeness (QED) is 0.277. The number of nitrogens with one attached hydrogen (secondary N) is 2. The Balaban J connectivity index is 0.00000264. The summed E-state index contributed by atoms with van der Waals surface area (Å²) >= 11 is 0. The molecule has 0 aromatic heterocycles. The van der Waals surface area contributed by atoms with Crippen molar-refractivity contribution in [3.8, 4) is 12.3 Å². The Morgan fingerprint density at radius 2 is 2.13 bits per heavy atom. The zero-order valence-electron chi connectivity index (χ0n) is 13.3. The molecule has 132 valence electrons. The number of rotatable bonds is 5. The highest BCUT2D eigenvalue weighted by Gasteiger charge is 2.27. The van der Waals surface area contributed by atoms with Crippen LogP contribution in [0, 0.1) is 18.3 Å². The number of hydrogen-bond acceptors (Lipinski definition) is 4. The summed E-state index contributed by atoms with van der Waals surface area (Å²) in [5.41, 5.74) is 0. The van der Waals surface area contributed by atoms with Crippen LogP contribution in [0.15, 0.2) is 4.99 Å². The van der Waals surface area contributed by atoms with Gasteiger partial charge in [-0.25, -0.2) is 8.42 Å². The fourth-order valence-corrected chi connectivity index (χ4v) is 4.57. The molecule has 0 aromatic carbocycles. The zero-order valence-corrected chi connectivity index (χ0v) is 16.4. The average Bonchev–Trinajstić information content (AvgIpc) is 2.87. The molecule has 2 unspecified atom stereocenters. The third-order valence-corrected chi connectivity index (χ3v) is 5.80. The van der Waals surface area contributed by atoms with Crippen LogP contribution < -0.4 is 10.6 Å². The topological polar surface area (TPSA) is 79.8 Å². The first-order valence-electron chi connectivity index (χ1n) is 7.87. The molecule has 0 amide bonds. The summed E-state index contributed by atoms with van der Waals surface area (Å²) in [6.07, 6.45) is 9.54. The third kappa shape index (κ3) is 7.72. The molecule has 8 heteroatoms. The lowest BCUT2D eigenvalue weighted by atomic mass is 10.1. The lowest BCUT2D eigenvalue weighted by molar-refractivity contribution is 0.0194. The second-order valence-corrected chi connectivity index (χ2v) is 8.11. The molecule has 2 aliphatic rings. The summed E-state index contributed by atoms with van der Waals surface area (Å²) in [5.74, 6) is 3.79. The van der Waals surface area contributed by atoms with Gasteiger partial charge >= 0.3 is 0 Å². The summed E-state index contributed by atoms with van der Waals surface area (Å²) in [6, 6.07) is 0. The maximum absolute atomic E-state index is 11.5. The van der Waals surface area contributed by atoms with E-state index in [-0.39, 0.29) is 47.5 Å². The first kappa shape index (κ1) is 20.5. The van der Waals surface area contributed by atoms with Crippen molar-refractivity contribution >= 4 is 39.8 Å². The summed E-state index contributed by atoms with van der Waals surface area (Å²) in [4.78, 5) is 4.47. The molecule has 0 aliphatic carbocycles. The normalized spacial score (nSPS) is 26.8. The van der Waals surface area contributed by atoms with Crippen molar-refractivity contribution < 1.29 is 13.2 Å². The van der Waals surface area contributed by atoms with Crippen LogP contribution in [-0.2, 0) is 14.6 Å². The molecule has 0 aromatic rings. The molecule has 0 spiro atoms. The molecule has 2 rings (SSSR count). The van der Waals surface area contributed by atoms with E-state index in [1.165, 1.54) is 6.42 Å². The summed E-state index contributed by atoms with van der Waals surface area (Å²) < 4.78 is 28.6. The predicted octanol–water partition coefficient (Wildman–Crippen LogP) is 0.777. The molecule has 0 radical (unpaired) electrons. The number of guanidine groups is 1. The molecule has 2 fully saturated rings. The lowest BCUT2D eigenvalue weighted by Crippen LogP contribution is -2.43. The van der Waals surface area contributed by atoms with Crippen LogP contribution in [0.5, 0.6) is 0 Å². The number of halogens is 1. The van der Waals surface area contributed by atoms with Crippen LogP contribution in [0.1, 0.15) is 25.7 Å². The molecule has 6 nitrogen and oxygen atoms in total. The van der Waals surface area contributed by atoms with Crippen molar-refractivity contribution in [3.05, 3.63) is 0 Å². The number of terminal acetylenes is 1. The molecule has 2 aliphatic heterocycles. The van der Waals surface area contributed by atoms with Crippen molar-refractivity contribution in [2.75, 3.05) is 37.7 Å². The van der Waals surface area contributed by atoms with Crippen molar-refractivity contribution in [1.82, 2.24) is 10.6 Å². The van der Waals surface area contributed by atoms with E-state index < -0.39 is 9.84 Å². The van der Waals surface area contributed by atoms with E-state index in [0.717, 1.165) is 19.4 Å². The van der Waals surface area contributed by atoms with Crippen molar-refractivity contribution in [2.24, 2.45) is 10.9 Å². The van der Waals surface area contributed by atoms with Crippen LogP contribution in [0.3, 0.4) is 0 Å². The Morgan fingerprint density at radius 3 is 2.74 bits per heavy atom. The van der Waals surface area contributed by atoms with Crippen molar-refractivity contribution in [2.45, 2.75) is 31.8 Å². The summed E-state index contributed by atoms with van der Waals surface area (Å²) in [5, 5.41) is 6.29. The molecule has 2 atom stereocenters. The van der Waals surface area contributed by atoms with Gasteiger partial charge in [0.05, 0.1) is 24.2 Å². The van der Waals surface area contributed by atoms with Crippen LogP contribution in [0.2, 0.25) is 0 Å².